The third-order valence-corrected chi connectivity index (χ3v) is 3.56. The van der Waals surface area contributed by atoms with Crippen LogP contribution in [0.2, 0.25) is 0 Å². The quantitative estimate of drug-likeness (QED) is 0.880. The Morgan fingerprint density at radius 1 is 1.37 bits per heavy atom. The highest BCUT2D eigenvalue weighted by atomic mass is 16.1. The van der Waals surface area contributed by atoms with Gasteiger partial charge >= 0.3 is 0 Å². The molecule has 1 heterocycles. The maximum Gasteiger partial charge on any atom is 0.226 e. The lowest BCUT2D eigenvalue weighted by atomic mass is 10.1. The number of aromatic nitrogens is 1. The van der Waals surface area contributed by atoms with E-state index in [0.29, 0.717) is 12.3 Å². The minimum absolute atomic E-state index is 0.0112. The molecule has 19 heavy (non-hydrogen) atoms. The third kappa shape index (κ3) is 2.74. The SMILES string of the molecule is NC(CC(=O)Nc1cccc2cccnc12)C1CC1. The first kappa shape index (κ1) is 12.1. The molecule has 3 N–H and O–H groups in total. The van der Waals surface area contributed by atoms with Gasteiger partial charge in [-0.3, -0.25) is 9.78 Å². The maximum atomic E-state index is 12.0. The molecular formula is C15H17N3O. The topological polar surface area (TPSA) is 68.0 Å². The zero-order chi connectivity index (χ0) is 13.2. The lowest BCUT2D eigenvalue weighted by Crippen LogP contribution is -2.28. The Morgan fingerprint density at radius 2 is 2.16 bits per heavy atom. The van der Waals surface area contributed by atoms with Gasteiger partial charge in [-0.1, -0.05) is 18.2 Å². The van der Waals surface area contributed by atoms with Crippen LogP contribution in [0.15, 0.2) is 36.5 Å². The number of amides is 1. The van der Waals surface area contributed by atoms with E-state index in [-0.39, 0.29) is 11.9 Å². The summed E-state index contributed by atoms with van der Waals surface area (Å²) in [6.45, 7) is 0. The van der Waals surface area contributed by atoms with Crippen molar-refractivity contribution in [3.63, 3.8) is 0 Å². The van der Waals surface area contributed by atoms with Crippen molar-refractivity contribution in [1.82, 2.24) is 4.98 Å². The van der Waals surface area contributed by atoms with Crippen LogP contribution in [0, 0.1) is 5.92 Å². The van der Waals surface area contributed by atoms with Gasteiger partial charge in [0.1, 0.15) is 0 Å². The molecule has 0 radical (unpaired) electrons. The molecule has 1 aromatic heterocycles. The van der Waals surface area contributed by atoms with Crippen molar-refractivity contribution in [2.45, 2.75) is 25.3 Å². The molecular weight excluding hydrogens is 238 g/mol. The molecule has 0 saturated heterocycles. The Morgan fingerprint density at radius 3 is 2.95 bits per heavy atom. The average Bonchev–Trinajstić information content (AvgIpc) is 3.23. The highest BCUT2D eigenvalue weighted by Crippen LogP contribution is 2.33. The number of benzene rings is 1. The summed E-state index contributed by atoms with van der Waals surface area (Å²) in [5, 5.41) is 3.94. The number of hydrogen-bond acceptors (Lipinski definition) is 3. The second kappa shape index (κ2) is 4.97. The molecule has 0 spiro atoms. The van der Waals surface area contributed by atoms with Gasteiger partial charge in [0, 0.05) is 24.0 Å². The number of hydrogen-bond donors (Lipinski definition) is 2. The largest absolute Gasteiger partial charge is 0.327 e. The Hall–Kier alpha value is -1.94. The van der Waals surface area contributed by atoms with Crippen molar-refractivity contribution >= 4 is 22.5 Å². The van der Waals surface area contributed by atoms with E-state index in [4.69, 9.17) is 5.73 Å². The van der Waals surface area contributed by atoms with Gasteiger partial charge in [0.25, 0.3) is 0 Å². The van der Waals surface area contributed by atoms with Gasteiger partial charge in [-0.2, -0.15) is 0 Å². The zero-order valence-electron chi connectivity index (χ0n) is 10.7. The first-order valence-corrected chi connectivity index (χ1v) is 6.63. The fourth-order valence-electron chi connectivity index (χ4n) is 2.31. The predicted molar refractivity (Wildman–Crippen MR) is 75.7 cm³/mol. The number of rotatable bonds is 4. The van der Waals surface area contributed by atoms with E-state index in [1.54, 1.807) is 6.20 Å². The maximum absolute atomic E-state index is 12.0. The molecule has 1 unspecified atom stereocenters. The summed E-state index contributed by atoms with van der Waals surface area (Å²) in [6, 6.07) is 9.62. The van der Waals surface area contributed by atoms with Crippen molar-refractivity contribution in [3.05, 3.63) is 36.5 Å². The molecule has 1 aliphatic rings. The third-order valence-electron chi connectivity index (χ3n) is 3.56. The van der Waals surface area contributed by atoms with Crippen LogP contribution in [0.4, 0.5) is 5.69 Å². The normalized spacial score (nSPS) is 16.3. The van der Waals surface area contributed by atoms with E-state index < -0.39 is 0 Å². The first-order chi connectivity index (χ1) is 9.24. The van der Waals surface area contributed by atoms with Crippen LogP contribution >= 0.6 is 0 Å². The van der Waals surface area contributed by atoms with Crippen LogP contribution in [0.25, 0.3) is 10.9 Å². The molecule has 0 bridgehead atoms. The van der Waals surface area contributed by atoms with Gasteiger partial charge < -0.3 is 11.1 Å². The monoisotopic (exact) mass is 255 g/mol. The zero-order valence-corrected chi connectivity index (χ0v) is 10.7. The van der Waals surface area contributed by atoms with Crippen LogP contribution in [0.3, 0.4) is 0 Å². The number of pyridine rings is 1. The highest BCUT2D eigenvalue weighted by Gasteiger charge is 2.29. The minimum Gasteiger partial charge on any atom is -0.327 e. The van der Waals surface area contributed by atoms with Gasteiger partial charge in [-0.15, -0.1) is 0 Å². The van der Waals surface area contributed by atoms with Crippen molar-refractivity contribution < 1.29 is 4.79 Å². The summed E-state index contributed by atoms with van der Waals surface area (Å²) in [7, 11) is 0. The number of carbonyl (C=O) groups is 1. The van der Waals surface area contributed by atoms with Gasteiger partial charge in [0.15, 0.2) is 0 Å². The molecule has 2 aromatic rings. The number of nitrogens with two attached hydrogens (primary N) is 1. The van der Waals surface area contributed by atoms with Crippen molar-refractivity contribution in [3.8, 4) is 0 Å². The predicted octanol–water partition coefficient (Wildman–Crippen LogP) is 2.30. The standard InChI is InChI=1S/C15H17N3O/c16-12(10-6-7-10)9-14(19)18-13-5-1-3-11-4-2-8-17-15(11)13/h1-5,8,10,12H,6-7,9,16H2,(H,18,19). The number of nitrogens with one attached hydrogen (secondary N) is 1. The Balaban J connectivity index is 1.75. The first-order valence-electron chi connectivity index (χ1n) is 6.63. The smallest absolute Gasteiger partial charge is 0.226 e. The number of para-hydroxylation sites is 1. The number of nitrogens with zero attached hydrogens (tertiary/aromatic N) is 1. The minimum atomic E-state index is -0.0300. The molecule has 0 aliphatic heterocycles. The summed E-state index contributed by atoms with van der Waals surface area (Å²) in [4.78, 5) is 16.3. The fraction of sp³-hybridized carbons (Fsp3) is 0.333. The van der Waals surface area contributed by atoms with Crippen molar-refractivity contribution in [2.75, 3.05) is 5.32 Å². The summed E-state index contributed by atoms with van der Waals surface area (Å²) in [6.07, 6.45) is 4.43. The molecule has 3 rings (SSSR count). The average molecular weight is 255 g/mol. The summed E-state index contributed by atoms with van der Waals surface area (Å²) in [5.74, 6) is 0.508. The van der Waals surface area contributed by atoms with Gasteiger partial charge in [-0.25, -0.2) is 0 Å². The summed E-state index contributed by atoms with van der Waals surface area (Å²) >= 11 is 0. The van der Waals surface area contributed by atoms with Crippen LogP contribution in [0.5, 0.6) is 0 Å². The molecule has 1 amide bonds. The second-order valence-electron chi connectivity index (χ2n) is 5.13. The Bertz CT molecular complexity index is 602. The Labute approximate surface area is 112 Å². The van der Waals surface area contributed by atoms with E-state index in [0.717, 1.165) is 29.4 Å². The van der Waals surface area contributed by atoms with Crippen LogP contribution < -0.4 is 11.1 Å². The van der Waals surface area contributed by atoms with E-state index in [1.165, 1.54) is 0 Å². The highest BCUT2D eigenvalue weighted by molar-refractivity contribution is 6.00. The van der Waals surface area contributed by atoms with Gasteiger partial charge in [0.2, 0.25) is 5.91 Å². The van der Waals surface area contributed by atoms with Crippen LogP contribution in [0.1, 0.15) is 19.3 Å². The molecule has 4 nitrogen and oxygen atoms in total. The number of fused-ring (bicyclic) bond motifs is 1. The van der Waals surface area contributed by atoms with Crippen molar-refractivity contribution in [2.24, 2.45) is 11.7 Å². The molecule has 4 heteroatoms. The van der Waals surface area contributed by atoms with E-state index in [2.05, 4.69) is 10.3 Å². The summed E-state index contributed by atoms with van der Waals surface area (Å²) in [5.41, 5.74) is 7.54. The van der Waals surface area contributed by atoms with Gasteiger partial charge in [0.05, 0.1) is 11.2 Å². The molecule has 1 atom stereocenters. The van der Waals surface area contributed by atoms with E-state index >= 15 is 0 Å². The number of carbonyl (C=O) groups excluding carboxylic acids is 1. The van der Waals surface area contributed by atoms with E-state index in [1.807, 2.05) is 30.3 Å². The van der Waals surface area contributed by atoms with Crippen molar-refractivity contribution in [1.29, 1.82) is 0 Å². The lowest BCUT2D eigenvalue weighted by Gasteiger charge is -2.11. The molecule has 1 aliphatic carbocycles. The molecule has 1 aromatic carbocycles. The van der Waals surface area contributed by atoms with Crippen LogP contribution in [-0.4, -0.2) is 16.9 Å². The lowest BCUT2D eigenvalue weighted by molar-refractivity contribution is -0.116. The van der Waals surface area contributed by atoms with Gasteiger partial charge in [-0.05, 0) is 30.9 Å². The molecule has 1 saturated carbocycles. The molecule has 1 fully saturated rings. The Kier molecular flexibility index (Phi) is 3.17. The summed E-state index contributed by atoms with van der Waals surface area (Å²) < 4.78 is 0. The number of anilines is 1. The van der Waals surface area contributed by atoms with E-state index in [9.17, 15) is 4.79 Å². The molecule has 98 valence electrons. The second-order valence-corrected chi connectivity index (χ2v) is 5.13. The fourth-order valence-corrected chi connectivity index (χ4v) is 2.31. The van der Waals surface area contributed by atoms with Crippen LogP contribution in [-0.2, 0) is 4.79 Å².